The fourth-order valence-corrected chi connectivity index (χ4v) is 3.71. The van der Waals surface area contributed by atoms with Crippen LogP contribution in [0.25, 0.3) is 0 Å². The minimum absolute atomic E-state index is 0.380. The summed E-state index contributed by atoms with van der Waals surface area (Å²) in [5, 5.41) is 10.0. The third-order valence-corrected chi connectivity index (χ3v) is 4.93. The van der Waals surface area contributed by atoms with Crippen LogP contribution in [0.2, 0.25) is 0 Å². The fraction of sp³-hybridized carbons (Fsp3) is 0.588. The van der Waals surface area contributed by atoms with Gasteiger partial charge in [0.25, 0.3) is 0 Å². The first-order valence-corrected chi connectivity index (χ1v) is 14.3. The number of phenolic OH excluding ortho intramolecular Hbond substituents is 1. The van der Waals surface area contributed by atoms with Crippen molar-refractivity contribution >= 4 is 23.2 Å². The van der Waals surface area contributed by atoms with Crippen LogP contribution in [0.3, 0.4) is 0 Å². The van der Waals surface area contributed by atoms with E-state index in [2.05, 4.69) is 0 Å². The van der Waals surface area contributed by atoms with Gasteiger partial charge in [0.15, 0.2) is 0 Å². The van der Waals surface area contributed by atoms with Crippen molar-refractivity contribution in [3.05, 3.63) is 29.3 Å². The molecule has 0 spiro atoms. The first kappa shape index (κ1) is 18.5. The molecule has 0 radical (unpaired) electrons. The van der Waals surface area contributed by atoms with E-state index in [1.165, 1.54) is 38.5 Å². The predicted octanol–water partition coefficient (Wildman–Crippen LogP) is 5.46. The molecule has 120 valence electrons. The van der Waals surface area contributed by atoms with E-state index >= 15 is 0 Å². The van der Waals surface area contributed by atoms with E-state index < -0.39 is 20.8 Å². The van der Waals surface area contributed by atoms with Crippen LogP contribution in [0.15, 0.2) is 23.2 Å². The molecule has 3 aliphatic rings. The van der Waals surface area contributed by atoms with Gasteiger partial charge in [-0.25, -0.2) is 0 Å². The maximum atomic E-state index is 10.0. The van der Waals surface area contributed by atoms with Crippen LogP contribution < -0.4 is 0 Å². The van der Waals surface area contributed by atoms with Crippen molar-refractivity contribution in [3.63, 3.8) is 0 Å². The molecular formula is C17H23Cl2NOZr. The Hall–Kier alpha value is 0.153. The summed E-state index contributed by atoms with van der Waals surface area (Å²) < 4.78 is 0. The van der Waals surface area contributed by atoms with Crippen LogP contribution in [-0.2, 0) is 20.8 Å². The van der Waals surface area contributed by atoms with Gasteiger partial charge >= 0.3 is 37.9 Å². The zero-order chi connectivity index (χ0) is 15.9. The number of halogens is 2. The quantitative estimate of drug-likeness (QED) is 0.634. The van der Waals surface area contributed by atoms with E-state index in [0.717, 1.165) is 23.0 Å². The van der Waals surface area contributed by atoms with Gasteiger partial charge in [0.2, 0.25) is 0 Å². The Balaban J connectivity index is 0.000000545. The number of fused-ring (bicyclic) bond motifs is 4. The van der Waals surface area contributed by atoms with Crippen LogP contribution in [0.1, 0.15) is 49.7 Å². The molecule has 3 unspecified atom stereocenters. The predicted molar refractivity (Wildman–Crippen MR) is 90.6 cm³/mol. The Labute approximate surface area is 152 Å². The number of hydrogen-bond acceptors (Lipinski definition) is 2. The molecule has 4 rings (SSSR count). The van der Waals surface area contributed by atoms with E-state index in [-0.39, 0.29) is 0 Å². The number of phenols is 1. The summed E-state index contributed by atoms with van der Waals surface area (Å²) in [5.74, 6) is 2.05. The molecule has 1 aromatic rings. The third-order valence-electron chi connectivity index (χ3n) is 4.93. The summed E-state index contributed by atoms with van der Waals surface area (Å²) >= 11 is -0.826. The Bertz CT molecular complexity index is 505. The summed E-state index contributed by atoms with van der Waals surface area (Å²) in [5.41, 5.74) is 1.78. The Morgan fingerprint density at radius 3 is 2.77 bits per heavy atom. The molecule has 3 saturated carbocycles. The third kappa shape index (κ3) is 5.08. The summed E-state index contributed by atoms with van der Waals surface area (Å²) in [6, 6.07) is 6.35. The Morgan fingerprint density at radius 1 is 1.23 bits per heavy atom. The molecule has 1 aromatic carbocycles. The average Bonchev–Trinajstić information content (AvgIpc) is 2.85. The van der Waals surface area contributed by atoms with Crippen molar-refractivity contribution in [2.45, 2.75) is 51.5 Å². The van der Waals surface area contributed by atoms with Crippen LogP contribution in [0.4, 0.5) is 0 Å². The number of para-hydroxylation sites is 1. The van der Waals surface area contributed by atoms with Crippen molar-refractivity contribution < 1.29 is 26.0 Å². The van der Waals surface area contributed by atoms with Gasteiger partial charge in [-0.05, 0) is 49.7 Å². The summed E-state index contributed by atoms with van der Waals surface area (Å²) in [6.07, 6.45) is 10.0. The molecule has 1 N–H and O–H groups in total. The molecule has 3 aliphatic carbocycles. The monoisotopic (exact) mass is 417 g/mol. The molecule has 0 heterocycles. The average molecular weight is 420 g/mol. The zero-order valence-electron chi connectivity index (χ0n) is 12.9. The summed E-state index contributed by atoms with van der Waals surface area (Å²) in [4.78, 5) is 4.81. The summed E-state index contributed by atoms with van der Waals surface area (Å²) in [6.45, 7) is 1.93. The van der Waals surface area contributed by atoms with Crippen molar-refractivity contribution in [3.8, 4) is 5.75 Å². The van der Waals surface area contributed by atoms with Gasteiger partial charge in [-0.1, -0.05) is 31.4 Å². The fourth-order valence-electron chi connectivity index (χ4n) is 3.71. The number of nitrogens with zero attached hydrogens (tertiary/aromatic N) is 1. The second-order valence-electron chi connectivity index (χ2n) is 6.30. The molecule has 0 amide bonds. The first-order valence-electron chi connectivity index (χ1n) is 7.93. The van der Waals surface area contributed by atoms with Crippen molar-refractivity contribution in [2.75, 3.05) is 0 Å². The van der Waals surface area contributed by atoms with Gasteiger partial charge in [0.1, 0.15) is 5.75 Å². The first-order chi connectivity index (χ1) is 10.7. The maximum absolute atomic E-state index is 10.0. The normalized spacial score (nSPS) is 27.1. The Kier molecular flexibility index (Phi) is 7.94. The van der Waals surface area contributed by atoms with Crippen LogP contribution in [0.5, 0.6) is 5.75 Å². The van der Waals surface area contributed by atoms with Crippen LogP contribution >= 0.6 is 17.0 Å². The van der Waals surface area contributed by atoms with Gasteiger partial charge in [-0.2, -0.15) is 0 Å². The topological polar surface area (TPSA) is 32.6 Å². The van der Waals surface area contributed by atoms with E-state index in [1.54, 1.807) is 0 Å². The van der Waals surface area contributed by atoms with Gasteiger partial charge in [0, 0.05) is 11.8 Å². The molecule has 3 fully saturated rings. The zero-order valence-corrected chi connectivity index (χ0v) is 16.9. The second-order valence-corrected chi connectivity index (χ2v) is 10.0. The summed E-state index contributed by atoms with van der Waals surface area (Å²) in [7, 11) is 9.87. The van der Waals surface area contributed by atoms with Gasteiger partial charge in [-0.3, -0.25) is 4.99 Å². The van der Waals surface area contributed by atoms with Crippen molar-refractivity contribution in [2.24, 2.45) is 16.8 Å². The van der Waals surface area contributed by atoms with E-state index in [4.69, 9.17) is 22.0 Å². The molecule has 5 heteroatoms. The number of aromatic hydroxyl groups is 1. The number of hydrogen-bond donors (Lipinski definition) is 1. The van der Waals surface area contributed by atoms with Crippen LogP contribution in [-0.4, -0.2) is 17.4 Å². The van der Waals surface area contributed by atoms with Gasteiger partial charge in [-0.15, -0.1) is 0 Å². The second kappa shape index (κ2) is 9.45. The molecule has 0 aliphatic heterocycles. The molecule has 22 heavy (non-hydrogen) atoms. The number of benzene rings is 1. The van der Waals surface area contributed by atoms with E-state index in [9.17, 15) is 5.11 Å². The van der Waals surface area contributed by atoms with Gasteiger partial charge < -0.3 is 5.11 Å². The SMILES string of the molecule is Cc1cccc(C=NC2CC3CCCC2CC3)c1O.[Cl][Zr][Cl]. The molecule has 0 aromatic heterocycles. The van der Waals surface area contributed by atoms with E-state index in [0.29, 0.717) is 11.8 Å². The Morgan fingerprint density at radius 2 is 2.00 bits per heavy atom. The molecule has 2 nitrogen and oxygen atoms in total. The standard InChI is InChI=1S/C17H23NO.2ClH.Zr/c1-12-4-2-7-15(17(12)19)11-18-16-10-13-5-3-6-14(16)9-8-13;;;/h2,4,7,11,13-14,16,19H,3,5-6,8-10H2,1H3;2*1H;/q;;;+2/p-2. The minimum atomic E-state index is -0.826. The molecule has 3 atom stereocenters. The number of rotatable bonds is 2. The van der Waals surface area contributed by atoms with Crippen LogP contribution in [0, 0.1) is 18.8 Å². The van der Waals surface area contributed by atoms with E-state index in [1.807, 2.05) is 31.3 Å². The molecular weight excluding hydrogens is 396 g/mol. The molecule has 0 saturated heterocycles. The number of aliphatic imine (C=N–C) groups is 1. The number of aryl methyl sites for hydroxylation is 1. The van der Waals surface area contributed by atoms with Crippen molar-refractivity contribution in [1.29, 1.82) is 0 Å². The van der Waals surface area contributed by atoms with Crippen molar-refractivity contribution in [1.82, 2.24) is 0 Å². The molecule has 2 bridgehead atoms. The van der Waals surface area contributed by atoms with Gasteiger partial charge in [0.05, 0.1) is 6.04 Å².